The number of amides is 3. The highest BCUT2D eigenvalue weighted by atomic mass is 79.9. The molecule has 0 radical (unpaired) electrons. The van der Waals surface area contributed by atoms with E-state index in [2.05, 4.69) is 37.1 Å². The first-order valence-electron chi connectivity index (χ1n) is 11.3. The van der Waals surface area contributed by atoms with Crippen LogP contribution in [0.25, 0.3) is 0 Å². The van der Waals surface area contributed by atoms with Crippen LogP contribution in [-0.4, -0.2) is 56.9 Å². The van der Waals surface area contributed by atoms with Crippen LogP contribution in [0.2, 0.25) is 0 Å². The molecule has 3 N–H and O–H groups in total. The molecule has 3 amide bonds. The fourth-order valence-electron chi connectivity index (χ4n) is 2.90. The standard InChI is InChI=1S/C25H31BrN4O6/c1-16(2)35-10-6-9-27-24(32)25(33)30-28-14-18-12-20(26)23(21(13-18)34-4)36-15-22(31)29-19-8-5-7-17(3)11-19/h5,7-8,11-14,16H,6,9-10,15H2,1-4H3,(H,27,32)(H,29,31)(H,30,33)/b28-14-. The Balaban J connectivity index is 1.88. The maximum absolute atomic E-state index is 12.3. The number of methoxy groups -OCH3 is 1. The maximum atomic E-state index is 12.3. The normalized spacial score (nSPS) is 10.8. The minimum absolute atomic E-state index is 0.112. The lowest BCUT2D eigenvalue weighted by Gasteiger charge is -2.13. The van der Waals surface area contributed by atoms with E-state index >= 15 is 0 Å². The van der Waals surface area contributed by atoms with Gasteiger partial charge in [-0.15, -0.1) is 0 Å². The van der Waals surface area contributed by atoms with Gasteiger partial charge in [-0.05, 0) is 78.5 Å². The molecule has 0 heterocycles. The summed E-state index contributed by atoms with van der Waals surface area (Å²) in [6, 6.07) is 10.7. The van der Waals surface area contributed by atoms with Crippen LogP contribution in [0.5, 0.6) is 11.5 Å². The summed E-state index contributed by atoms with van der Waals surface area (Å²) in [4.78, 5) is 36.0. The molecule has 0 unspecified atom stereocenters. The first-order valence-corrected chi connectivity index (χ1v) is 12.1. The number of carbonyl (C=O) groups is 3. The van der Waals surface area contributed by atoms with Crippen molar-refractivity contribution in [3.05, 3.63) is 52.0 Å². The molecule has 194 valence electrons. The van der Waals surface area contributed by atoms with E-state index in [-0.39, 0.29) is 18.6 Å². The molecular formula is C25H31BrN4O6. The van der Waals surface area contributed by atoms with Gasteiger partial charge in [0.1, 0.15) is 0 Å². The zero-order chi connectivity index (χ0) is 26.5. The molecule has 0 saturated carbocycles. The smallest absolute Gasteiger partial charge is 0.329 e. The topological polar surface area (TPSA) is 127 Å². The molecule has 0 aliphatic carbocycles. The number of hydrazone groups is 1. The first kappa shape index (κ1) is 28.8. The largest absolute Gasteiger partial charge is 0.493 e. The van der Waals surface area contributed by atoms with E-state index in [0.717, 1.165) is 5.56 Å². The van der Waals surface area contributed by atoms with Gasteiger partial charge in [0.15, 0.2) is 18.1 Å². The molecule has 0 aromatic heterocycles. The van der Waals surface area contributed by atoms with Crippen LogP contribution in [0.1, 0.15) is 31.4 Å². The van der Waals surface area contributed by atoms with Crippen molar-refractivity contribution in [2.75, 3.05) is 32.2 Å². The molecule has 0 aliphatic rings. The van der Waals surface area contributed by atoms with Crippen molar-refractivity contribution in [1.29, 1.82) is 0 Å². The Kier molecular flexibility index (Phi) is 11.9. The molecule has 2 aromatic carbocycles. The van der Waals surface area contributed by atoms with E-state index in [9.17, 15) is 14.4 Å². The lowest BCUT2D eigenvalue weighted by atomic mass is 10.2. The van der Waals surface area contributed by atoms with Gasteiger partial charge in [0.05, 0.1) is 23.9 Å². The second-order valence-electron chi connectivity index (χ2n) is 7.97. The highest BCUT2D eigenvalue weighted by Crippen LogP contribution is 2.36. The van der Waals surface area contributed by atoms with E-state index in [1.54, 1.807) is 18.2 Å². The molecule has 36 heavy (non-hydrogen) atoms. The molecule has 0 aliphatic heterocycles. The Bertz CT molecular complexity index is 1090. The molecule has 0 spiro atoms. The van der Waals surface area contributed by atoms with Crippen molar-refractivity contribution < 1.29 is 28.6 Å². The number of nitrogens with one attached hydrogen (secondary N) is 3. The summed E-state index contributed by atoms with van der Waals surface area (Å²) in [6.07, 6.45) is 2.06. The van der Waals surface area contributed by atoms with E-state index < -0.39 is 11.8 Å². The van der Waals surface area contributed by atoms with Crippen molar-refractivity contribution in [3.63, 3.8) is 0 Å². The Morgan fingerprint density at radius 2 is 1.92 bits per heavy atom. The van der Waals surface area contributed by atoms with E-state index in [0.29, 0.717) is 46.8 Å². The summed E-state index contributed by atoms with van der Waals surface area (Å²) in [5.74, 6) is -1.32. The van der Waals surface area contributed by atoms with Gasteiger partial charge < -0.3 is 24.8 Å². The van der Waals surface area contributed by atoms with E-state index in [1.165, 1.54) is 13.3 Å². The number of aryl methyl sites for hydroxylation is 1. The molecule has 0 saturated heterocycles. The van der Waals surface area contributed by atoms with Gasteiger partial charge in [-0.1, -0.05) is 12.1 Å². The third-order valence-corrected chi connectivity index (χ3v) is 5.13. The van der Waals surface area contributed by atoms with Crippen LogP contribution < -0.4 is 25.5 Å². The summed E-state index contributed by atoms with van der Waals surface area (Å²) < 4.78 is 16.9. The molecular weight excluding hydrogens is 532 g/mol. The fourth-order valence-corrected chi connectivity index (χ4v) is 3.48. The monoisotopic (exact) mass is 562 g/mol. The Morgan fingerprint density at radius 1 is 1.14 bits per heavy atom. The van der Waals surface area contributed by atoms with Crippen molar-refractivity contribution >= 4 is 45.6 Å². The summed E-state index contributed by atoms with van der Waals surface area (Å²) in [5.41, 5.74) is 4.44. The molecule has 0 bridgehead atoms. The van der Waals surface area contributed by atoms with Crippen LogP contribution in [0.15, 0.2) is 46.0 Å². The predicted octanol–water partition coefficient (Wildman–Crippen LogP) is 3.17. The average Bonchev–Trinajstić information content (AvgIpc) is 2.82. The maximum Gasteiger partial charge on any atom is 0.329 e. The number of ether oxygens (including phenoxy) is 3. The first-order chi connectivity index (χ1) is 17.2. The number of nitrogens with zero attached hydrogens (tertiary/aromatic N) is 1. The van der Waals surface area contributed by atoms with Gasteiger partial charge in [0, 0.05) is 18.8 Å². The highest BCUT2D eigenvalue weighted by molar-refractivity contribution is 9.10. The number of hydrogen-bond acceptors (Lipinski definition) is 7. The van der Waals surface area contributed by atoms with Gasteiger partial charge in [-0.3, -0.25) is 14.4 Å². The zero-order valence-electron chi connectivity index (χ0n) is 20.7. The number of halogens is 1. The molecule has 0 atom stereocenters. The summed E-state index contributed by atoms with van der Waals surface area (Å²) in [7, 11) is 1.46. The van der Waals surface area contributed by atoms with Crippen LogP contribution >= 0.6 is 15.9 Å². The quantitative estimate of drug-likeness (QED) is 0.158. The molecule has 10 nitrogen and oxygen atoms in total. The van der Waals surface area contributed by atoms with Crippen LogP contribution in [0.3, 0.4) is 0 Å². The van der Waals surface area contributed by atoms with Crippen molar-refractivity contribution in [2.24, 2.45) is 5.10 Å². The average molecular weight is 563 g/mol. The van der Waals surface area contributed by atoms with Gasteiger partial charge in [0.2, 0.25) is 0 Å². The van der Waals surface area contributed by atoms with Crippen LogP contribution in [0, 0.1) is 6.92 Å². The van der Waals surface area contributed by atoms with Crippen molar-refractivity contribution in [3.8, 4) is 11.5 Å². The van der Waals surface area contributed by atoms with E-state index in [4.69, 9.17) is 14.2 Å². The Hall–Kier alpha value is -3.44. The number of carbonyl (C=O) groups excluding carboxylic acids is 3. The number of hydrogen-bond donors (Lipinski definition) is 3. The zero-order valence-corrected chi connectivity index (χ0v) is 22.3. The number of anilines is 1. The SMILES string of the molecule is COc1cc(/C=N\NC(=O)C(=O)NCCCOC(C)C)cc(Br)c1OCC(=O)Nc1cccc(C)c1. The third-order valence-electron chi connectivity index (χ3n) is 4.55. The summed E-state index contributed by atoms with van der Waals surface area (Å²) in [6.45, 7) is 6.36. The molecule has 0 fully saturated rings. The Morgan fingerprint density at radius 3 is 2.61 bits per heavy atom. The molecule has 2 rings (SSSR count). The minimum Gasteiger partial charge on any atom is -0.493 e. The molecule has 11 heteroatoms. The fraction of sp³-hybridized carbons (Fsp3) is 0.360. The Labute approximate surface area is 218 Å². The van der Waals surface area contributed by atoms with E-state index in [1.807, 2.05) is 39.0 Å². The summed E-state index contributed by atoms with van der Waals surface area (Å²) in [5, 5.41) is 9.08. The van der Waals surface area contributed by atoms with Crippen LogP contribution in [0.4, 0.5) is 5.69 Å². The van der Waals surface area contributed by atoms with Gasteiger partial charge in [-0.2, -0.15) is 5.10 Å². The predicted molar refractivity (Wildman–Crippen MR) is 140 cm³/mol. The number of rotatable bonds is 12. The van der Waals surface area contributed by atoms with Gasteiger partial charge in [-0.25, -0.2) is 5.43 Å². The van der Waals surface area contributed by atoms with Crippen molar-refractivity contribution in [2.45, 2.75) is 33.3 Å². The number of benzene rings is 2. The van der Waals surface area contributed by atoms with Gasteiger partial charge in [0.25, 0.3) is 5.91 Å². The highest BCUT2D eigenvalue weighted by Gasteiger charge is 2.14. The minimum atomic E-state index is -0.887. The lowest BCUT2D eigenvalue weighted by molar-refractivity contribution is -0.139. The van der Waals surface area contributed by atoms with Crippen molar-refractivity contribution in [1.82, 2.24) is 10.7 Å². The second-order valence-corrected chi connectivity index (χ2v) is 8.82. The third kappa shape index (κ3) is 10.0. The second kappa shape index (κ2) is 14.8. The molecule has 2 aromatic rings. The van der Waals surface area contributed by atoms with Gasteiger partial charge >= 0.3 is 11.8 Å². The summed E-state index contributed by atoms with van der Waals surface area (Å²) >= 11 is 3.40. The lowest BCUT2D eigenvalue weighted by Crippen LogP contribution is -2.38. The van der Waals surface area contributed by atoms with Crippen LogP contribution in [-0.2, 0) is 19.1 Å².